The van der Waals surface area contributed by atoms with E-state index < -0.39 is 0 Å². The van der Waals surface area contributed by atoms with Gasteiger partial charge in [-0.2, -0.15) is 5.26 Å². The van der Waals surface area contributed by atoms with Crippen LogP contribution in [0.2, 0.25) is 0 Å². The number of nitrogens with one attached hydrogen (secondary N) is 1. The molecule has 2 rings (SSSR count). The molecule has 0 atom stereocenters. The van der Waals surface area contributed by atoms with Gasteiger partial charge in [0.2, 0.25) is 0 Å². The molecule has 0 fully saturated rings. The Kier molecular flexibility index (Phi) is 5.03. The average molecular weight is 331 g/mol. The van der Waals surface area contributed by atoms with Crippen LogP contribution in [0.3, 0.4) is 0 Å². The van der Waals surface area contributed by atoms with Crippen LogP contribution in [-0.4, -0.2) is 6.61 Å². The molecule has 0 unspecified atom stereocenters. The summed E-state index contributed by atoms with van der Waals surface area (Å²) in [7, 11) is 0. The van der Waals surface area contributed by atoms with Crippen LogP contribution in [0.15, 0.2) is 46.9 Å². The highest BCUT2D eigenvalue weighted by Gasteiger charge is 2.02. The van der Waals surface area contributed by atoms with E-state index in [0.717, 1.165) is 34.6 Å². The van der Waals surface area contributed by atoms with E-state index in [1.54, 1.807) is 12.1 Å². The van der Waals surface area contributed by atoms with Crippen LogP contribution in [0.4, 0.5) is 11.4 Å². The topological polar surface area (TPSA) is 45.0 Å². The standard InChI is InChI=1S/C16H15BrN2O/c1-2-9-20-14-6-4-13(5-7-14)19-16-8-3-12(11-18)10-15(16)17/h3-8,10,19H,2,9H2,1H3. The molecular weight excluding hydrogens is 316 g/mol. The molecule has 0 aliphatic rings. The molecule has 0 spiro atoms. The molecule has 4 heteroatoms. The zero-order valence-corrected chi connectivity index (χ0v) is 12.8. The summed E-state index contributed by atoms with van der Waals surface area (Å²) in [5.41, 5.74) is 2.52. The molecule has 2 aromatic rings. The molecule has 0 saturated heterocycles. The van der Waals surface area contributed by atoms with Crippen LogP contribution in [0.1, 0.15) is 18.9 Å². The van der Waals surface area contributed by atoms with Gasteiger partial charge >= 0.3 is 0 Å². The maximum Gasteiger partial charge on any atom is 0.119 e. The minimum atomic E-state index is 0.630. The number of hydrogen-bond donors (Lipinski definition) is 1. The van der Waals surface area contributed by atoms with Gasteiger partial charge in [0.05, 0.1) is 23.9 Å². The predicted molar refractivity (Wildman–Crippen MR) is 84.4 cm³/mol. The summed E-state index contributed by atoms with van der Waals surface area (Å²) in [5, 5.41) is 12.1. The van der Waals surface area contributed by atoms with E-state index in [0.29, 0.717) is 5.56 Å². The maximum absolute atomic E-state index is 8.84. The summed E-state index contributed by atoms with van der Waals surface area (Å²) in [4.78, 5) is 0. The molecule has 1 N–H and O–H groups in total. The molecular formula is C16H15BrN2O. The van der Waals surface area contributed by atoms with Crippen LogP contribution in [0, 0.1) is 11.3 Å². The van der Waals surface area contributed by atoms with Gasteiger partial charge in [-0.3, -0.25) is 0 Å². The van der Waals surface area contributed by atoms with Gasteiger partial charge in [0.25, 0.3) is 0 Å². The number of ether oxygens (including phenoxy) is 1. The Bertz CT molecular complexity index is 617. The zero-order chi connectivity index (χ0) is 14.4. The Morgan fingerprint density at radius 1 is 1.20 bits per heavy atom. The molecule has 102 valence electrons. The summed E-state index contributed by atoms with van der Waals surface area (Å²) >= 11 is 3.46. The maximum atomic E-state index is 8.84. The highest BCUT2D eigenvalue weighted by atomic mass is 79.9. The van der Waals surface area contributed by atoms with E-state index in [9.17, 15) is 0 Å². The molecule has 20 heavy (non-hydrogen) atoms. The third-order valence-electron chi connectivity index (χ3n) is 2.70. The van der Waals surface area contributed by atoms with Crippen molar-refractivity contribution >= 4 is 27.3 Å². The summed E-state index contributed by atoms with van der Waals surface area (Å²) in [6, 6.07) is 15.4. The first-order chi connectivity index (χ1) is 9.72. The van der Waals surface area contributed by atoms with Crippen LogP contribution in [-0.2, 0) is 0 Å². The minimum Gasteiger partial charge on any atom is -0.494 e. The normalized spacial score (nSPS) is 9.85. The van der Waals surface area contributed by atoms with Crippen molar-refractivity contribution in [3.05, 3.63) is 52.5 Å². The fraction of sp³-hybridized carbons (Fsp3) is 0.188. The lowest BCUT2D eigenvalue weighted by Gasteiger charge is -2.10. The van der Waals surface area contributed by atoms with Crippen LogP contribution in [0.25, 0.3) is 0 Å². The van der Waals surface area contributed by atoms with E-state index in [1.807, 2.05) is 30.3 Å². The first-order valence-electron chi connectivity index (χ1n) is 6.42. The molecule has 0 bridgehead atoms. The van der Waals surface area contributed by atoms with Gasteiger partial charge in [-0.25, -0.2) is 0 Å². The third kappa shape index (κ3) is 3.75. The Morgan fingerprint density at radius 2 is 1.95 bits per heavy atom. The van der Waals surface area contributed by atoms with Crippen molar-refractivity contribution in [1.82, 2.24) is 0 Å². The van der Waals surface area contributed by atoms with Crippen molar-refractivity contribution in [2.24, 2.45) is 0 Å². The minimum absolute atomic E-state index is 0.630. The highest BCUT2D eigenvalue weighted by Crippen LogP contribution is 2.27. The Morgan fingerprint density at radius 3 is 2.55 bits per heavy atom. The Labute approximate surface area is 127 Å². The quantitative estimate of drug-likeness (QED) is 0.851. The first-order valence-corrected chi connectivity index (χ1v) is 7.21. The third-order valence-corrected chi connectivity index (χ3v) is 3.36. The average Bonchev–Trinajstić information content (AvgIpc) is 2.48. The monoisotopic (exact) mass is 330 g/mol. The van der Waals surface area contributed by atoms with E-state index >= 15 is 0 Å². The van der Waals surface area contributed by atoms with Crippen LogP contribution < -0.4 is 10.1 Å². The van der Waals surface area contributed by atoms with Crippen LogP contribution in [0.5, 0.6) is 5.75 Å². The van der Waals surface area contributed by atoms with Crippen molar-refractivity contribution in [3.8, 4) is 11.8 Å². The predicted octanol–water partition coefficient (Wildman–Crippen LogP) is 4.85. The SMILES string of the molecule is CCCOc1ccc(Nc2ccc(C#N)cc2Br)cc1. The van der Waals surface area contributed by atoms with Gasteiger partial charge in [-0.1, -0.05) is 6.92 Å². The van der Waals surface area contributed by atoms with Crippen molar-refractivity contribution in [2.75, 3.05) is 11.9 Å². The van der Waals surface area contributed by atoms with Gasteiger partial charge in [0, 0.05) is 10.2 Å². The molecule has 0 saturated carbocycles. The lowest BCUT2D eigenvalue weighted by atomic mass is 10.2. The lowest BCUT2D eigenvalue weighted by molar-refractivity contribution is 0.317. The lowest BCUT2D eigenvalue weighted by Crippen LogP contribution is -1.95. The molecule has 0 heterocycles. The molecule has 0 aliphatic heterocycles. The number of benzene rings is 2. The van der Waals surface area contributed by atoms with Crippen molar-refractivity contribution < 1.29 is 4.74 Å². The molecule has 2 aromatic carbocycles. The van der Waals surface area contributed by atoms with Gasteiger partial charge in [0.15, 0.2) is 0 Å². The largest absolute Gasteiger partial charge is 0.494 e. The first kappa shape index (κ1) is 14.4. The van der Waals surface area contributed by atoms with Gasteiger partial charge in [-0.15, -0.1) is 0 Å². The van der Waals surface area contributed by atoms with Crippen molar-refractivity contribution in [1.29, 1.82) is 5.26 Å². The summed E-state index contributed by atoms with van der Waals surface area (Å²) in [6.07, 6.45) is 0.998. The second-order valence-electron chi connectivity index (χ2n) is 4.30. The molecule has 3 nitrogen and oxygen atoms in total. The number of hydrogen-bond acceptors (Lipinski definition) is 3. The molecule has 0 aromatic heterocycles. The van der Waals surface area contributed by atoms with E-state index in [2.05, 4.69) is 34.2 Å². The molecule has 0 radical (unpaired) electrons. The molecule has 0 amide bonds. The van der Waals surface area contributed by atoms with Gasteiger partial charge < -0.3 is 10.1 Å². The number of rotatable bonds is 5. The summed E-state index contributed by atoms with van der Waals surface area (Å²) in [5.74, 6) is 0.872. The highest BCUT2D eigenvalue weighted by molar-refractivity contribution is 9.10. The number of halogens is 1. The fourth-order valence-electron chi connectivity index (χ4n) is 1.70. The fourth-order valence-corrected chi connectivity index (χ4v) is 2.17. The summed E-state index contributed by atoms with van der Waals surface area (Å²) < 4.78 is 6.41. The van der Waals surface area contributed by atoms with Gasteiger partial charge in [0.1, 0.15) is 5.75 Å². The van der Waals surface area contributed by atoms with Crippen LogP contribution >= 0.6 is 15.9 Å². The van der Waals surface area contributed by atoms with Crippen molar-refractivity contribution in [3.63, 3.8) is 0 Å². The van der Waals surface area contributed by atoms with E-state index in [1.165, 1.54) is 0 Å². The summed E-state index contributed by atoms with van der Waals surface area (Å²) in [6.45, 7) is 2.81. The van der Waals surface area contributed by atoms with E-state index in [-0.39, 0.29) is 0 Å². The van der Waals surface area contributed by atoms with E-state index in [4.69, 9.17) is 10.00 Å². The number of nitriles is 1. The van der Waals surface area contributed by atoms with Crippen molar-refractivity contribution in [2.45, 2.75) is 13.3 Å². The van der Waals surface area contributed by atoms with Gasteiger partial charge in [-0.05, 0) is 64.8 Å². The second-order valence-corrected chi connectivity index (χ2v) is 5.16. The second kappa shape index (κ2) is 6.97. The Balaban J connectivity index is 2.08. The number of nitrogens with zero attached hydrogens (tertiary/aromatic N) is 1. The zero-order valence-electron chi connectivity index (χ0n) is 11.2. The smallest absolute Gasteiger partial charge is 0.119 e. The molecule has 0 aliphatic carbocycles. The number of anilines is 2. The Hall–Kier alpha value is -1.99.